The summed E-state index contributed by atoms with van der Waals surface area (Å²) in [4.78, 5) is 13.0. The first-order chi connectivity index (χ1) is 16.0. The predicted octanol–water partition coefficient (Wildman–Crippen LogP) is 5.32. The van der Waals surface area contributed by atoms with Crippen molar-refractivity contribution < 1.29 is 13.9 Å². The zero-order valence-electron chi connectivity index (χ0n) is 18.0. The molecule has 5 rings (SSSR count). The monoisotopic (exact) mass is 441 g/mol. The number of ether oxygens (including phenoxy) is 1. The maximum Gasteiger partial charge on any atom is 0.259 e. The highest BCUT2D eigenvalue weighted by Gasteiger charge is 2.20. The van der Waals surface area contributed by atoms with Gasteiger partial charge in [0.2, 0.25) is 0 Å². The van der Waals surface area contributed by atoms with E-state index in [9.17, 15) is 9.18 Å². The number of pyridine rings is 1. The molecule has 0 bridgehead atoms. The van der Waals surface area contributed by atoms with Gasteiger partial charge < -0.3 is 10.1 Å². The number of hydrogen-bond donors (Lipinski definition) is 1. The lowest BCUT2D eigenvalue weighted by Crippen LogP contribution is -2.14. The van der Waals surface area contributed by atoms with E-state index < -0.39 is 5.82 Å². The molecule has 164 valence electrons. The van der Waals surface area contributed by atoms with Gasteiger partial charge in [-0.05, 0) is 56.3 Å². The van der Waals surface area contributed by atoms with E-state index in [0.717, 1.165) is 11.2 Å². The molecule has 5 aromatic rings. The van der Waals surface area contributed by atoms with Crippen LogP contribution in [0.2, 0.25) is 0 Å². The number of nitrogens with one attached hydrogen (secondary N) is 1. The zero-order chi connectivity index (χ0) is 22.9. The number of aryl methyl sites for hydroxylation is 1. The van der Waals surface area contributed by atoms with Crippen molar-refractivity contribution in [1.82, 2.24) is 19.4 Å². The fraction of sp³-hybridized carbons (Fsp3) is 0.0800. The summed E-state index contributed by atoms with van der Waals surface area (Å²) in [5.41, 5.74) is 3.63. The summed E-state index contributed by atoms with van der Waals surface area (Å²) in [5, 5.41) is 11.4. The summed E-state index contributed by atoms with van der Waals surface area (Å²) in [7, 11) is 0. The van der Waals surface area contributed by atoms with Gasteiger partial charge in [-0.1, -0.05) is 18.2 Å². The highest BCUT2D eigenvalue weighted by molar-refractivity contribution is 6.06. The van der Waals surface area contributed by atoms with Gasteiger partial charge in [-0.3, -0.25) is 4.79 Å². The first kappa shape index (κ1) is 20.4. The first-order valence-corrected chi connectivity index (χ1v) is 10.3. The maximum absolute atomic E-state index is 14.8. The Morgan fingerprint density at radius 3 is 2.61 bits per heavy atom. The van der Waals surface area contributed by atoms with E-state index in [-0.39, 0.29) is 11.7 Å². The Bertz CT molecular complexity index is 1470. The quantitative estimate of drug-likeness (QED) is 0.401. The Kier molecular flexibility index (Phi) is 5.10. The van der Waals surface area contributed by atoms with Gasteiger partial charge in [-0.25, -0.2) is 13.6 Å². The Labute approximate surface area is 189 Å². The molecule has 7 nitrogen and oxygen atoms in total. The molecule has 0 fully saturated rings. The summed E-state index contributed by atoms with van der Waals surface area (Å²) in [6.45, 7) is 3.60. The zero-order valence-corrected chi connectivity index (χ0v) is 18.0. The number of nitrogens with zero attached hydrogens (tertiary/aromatic N) is 4. The molecule has 1 amide bonds. The number of halogens is 1. The van der Waals surface area contributed by atoms with Crippen LogP contribution in [0.1, 0.15) is 21.7 Å². The average molecular weight is 441 g/mol. The van der Waals surface area contributed by atoms with Gasteiger partial charge in [0.15, 0.2) is 17.3 Å². The molecule has 0 spiro atoms. The number of hydrogen-bond acceptors (Lipinski definition) is 4. The molecule has 0 saturated heterocycles. The lowest BCUT2D eigenvalue weighted by atomic mass is 10.1. The van der Waals surface area contributed by atoms with Crippen LogP contribution in [0.4, 0.5) is 10.1 Å². The first-order valence-electron chi connectivity index (χ1n) is 10.3. The summed E-state index contributed by atoms with van der Waals surface area (Å²) in [5.74, 6) is -0.427. The third kappa shape index (κ3) is 3.82. The molecule has 8 heteroatoms. The molecule has 3 aromatic heterocycles. The van der Waals surface area contributed by atoms with E-state index in [1.54, 1.807) is 52.8 Å². The molecule has 0 aliphatic carbocycles. The Morgan fingerprint density at radius 2 is 1.82 bits per heavy atom. The second-order valence-electron chi connectivity index (χ2n) is 7.53. The third-order valence-corrected chi connectivity index (χ3v) is 5.33. The Balaban J connectivity index is 1.37. The van der Waals surface area contributed by atoms with Crippen LogP contribution in [0, 0.1) is 19.7 Å². The molecular weight excluding hydrogens is 421 g/mol. The smallest absolute Gasteiger partial charge is 0.259 e. The fourth-order valence-corrected chi connectivity index (χ4v) is 3.78. The highest BCUT2D eigenvalue weighted by Crippen LogP contribution is 2.30. The molecule has 3 heterocycles. The molecule has 1 N–H and O–H groups in total. The van der Waals surface area contributed by atoms with Crippen LogP contribution in [0.25, 0.3) is 11.2 Å². The molecule has 33 heavy (non-hydrogen) atoms. The molecule has 0 atom stereocenters. The van der Waals surface area contributed by atoms with Gasteiger partial charge in [0.1, 0.15) is 5.52 Å². The van der Waals surface area contributed by atoms with Crippen LogP contribution < -0.4 is 10.1 Å². The molecule has 0 radical (unpaired) electrons. The van der Waals surface area contributed by atoms with Crippen LogP contribution in [-0.2, 0) is 0 Å². The maximum atomic E-state index is 14.8. The van der Waals surface area contributed by atoms with Crippen molar-refractivity contribution in [1.29, 1.82) is 0 Å². The topological polar surface area (TPSA) is 73.5 Å². The van der Waals surface area contributed by atoms with Crippen molar-refractivity contribution in [3.63, 3.8) is 0 Å². The third-order valence-electron chi connectivity index (χ3n) is 5.33. The molecule has 2 aromatic carbocycles. The van der Waals surface area contributed by atoms with Crippen molar-refractivity contribution >= 4 is 17.1 Å². The number of aromatic nitrogens is 4. The number of amides is 1. The van der Waals surface area contributed by atoms with Crippen molar-refractivity contribution in [2.45, 2.75) is 13.8 Å². The summed E-state index contributed by atoms with van der Waals surface area (Å²) >= 11 is 0. The van der Waals surface area contributed by atoms with Crippen LogP contribution in [-0.4, -0.2) is 25.3 Å². The van der Waals surface area contributed by atoms with Crippen LogP contribution in [0.5, 0.6) is 11.5 Å². The predicted molar refractivity (Wildman–Crippen MR) is 123 cm³/mol. The van der Waals surface area contributed by atoms with Crippen LogP contribution in [0.3, 0.4) is 0 Å². The number of rotatable bonds is 5. The minimum absolute atomic E-state index is 0.0477. The van der Waals surface area contributed by atoms with Crippen molar-refractivity contribution in [3.05, 3.63) is 102 Å². The minimum Gasteiger partial charge on any atom is -0.452 e. The second-order valence-corrected chi connectivity index (χ2v) is 7.53. The van der Waals surface area contributed by atoms with E-state index in [2.05, 4.69) is 15.5 Å². The minimum atomic E-state index is -0.595. The van der Waals surface area contributed by atoms with Crippen LogP contribution >= 0.6 is 0 Å². The number of fused-ring (bicyclic) bond motifs is 1. The van der Waals surface area contributed by atoms with E-state index in [1.807, 2.05) is 37.3 Å². The van der Waals surface area contributed by atoms with Gasteiger partial charge >= 0.3 is 0 Å². The summed E-state index contributed by atoms with van der Waals surface area (Å²) in [6.07, 6.45) is 3.42. The lowest BCUT2D eigenvalue weighted by molar-refractivity contribution is 0.102. The number of carbonyl (C=O) groups is 1. The van der Waals surface area contributed by atoms with Gasteiger partial charge in [0, 0.05) is 18.0 Å². The average Bonchev–Trinajstić information content (AvgIpc) is 3.41. The summed E-state index contributed by atoms with van der Waals surface area (Å²) in [6, 6.07) is 19.2. The standard InChI is InChI=1S/C25H20FN5O2/c1-16-24(17(2)31(29-16)19-7-4-3-5-8-19)25(32)28-18-10-11-22(20(26)15-18)33-23-9-6-14-30-21(23)12-13-27-30/h3-15H,1-2H3,(H,28,32). The van der Waals surface area contributed by atoms with E-state index in [0.29, 0.717) is 28.4 Å². The number of anilines is 1. The van der Waals surface area contributed by atoms with Crippen LogP contribution in [0.15, 0.2) is 79.1 Å². The van der Waals surface area contributed by atoms with Crippen molar-refractivity contribution in [3.8, 4) is 17.2 Å². The molecular formula is C25H20FN5O2. The van der Waals surface area contributed by atoms with Gasteiger partial charge in [0.25, 0.3) is 5.91 Å². The molecule has 0 aliphatic rings. The van der Waals surface area contributed by atoms with E-state index in [4.69, 9.17) is 4.74 Å². The summed E-state index contributed by atoms with van der Waals surface area (Å²) < 4.78 is 23.9. The largest absolute Gasteiger partial charge is 0.452 e. The highest BCUT2D eigenvalue weighted by atomic mass is 19.1. The number of benzene rings is 2. The molecule has 0 aliphatic heterocycles. The SMILES string of the molecule is Cc1nn(-c2ccccc2)c(C)c1C(=O)Nc1ccc(Oc2cccn3nccc23)c(F)c1. The Morgan fingerprint density at radius 1 is 1.00 bits per heavy atom. The van der Waals surface area contributed by atoms with E-state index >= 15 is 0 Å². The van der Waals surface area contributed by atoms with Gasteiger partial charge in [-0.15, -0.1) is 0 Å². The number of para-hydroxylation sites is 1. The Hall–Kier alpha value is -4.46. The number of carbonyl (C=O) groups excluding carboxylic acids is 1. The van der Waals surface area contributed by atoms with Gasteiger partial charge in [-0.2, -0.15) is 10.2 Å². The molecule has 0 saturated carbocycles. The fourth-order valence-electron chi connectivity index (χ4n) is 3.78. The second kappa shape index (κ2) is 8.23. The lowest BCUT2D eigenvalue weighted by Gasteiger charge is -2.11. The normalized spacial score (nSPS) is 11.0. The van der Waals surface area contributed by atoms with E-state index in [1.165, 1.54) is 12.1 Å². The van der Waals surface area contributed by atoms with Crippen molar-refractivity contribution in [2.75, 3.05) is 5.32 Å². The van der Waals surface area contributed by atoms with Crippen molar-refractivity contribution in [2.24, 2.45) is 0 Å². The molecule has 0 unspecified atom stereocenters. The van der Waals surface area contributed by atoms with Gasteiger partial charge in [0.05, 0.1) is 28.8 Å².